The van der Waals surface area contributed by atoms with Gasteiger partial charge in [0, 0.05) is 10.6 Å². The first kappa shape index (κ1) is 24.8. The molecule has 184 valence electrons. The number of carbonyl (C=O) groups is 2. The van der Waals surface area contributed by atoms with E-state index in [1.807, 2.05) is 42.5 Å². The first-order valence-corrected chi connectivity index (χ1v) is 11.4. The van der Waals surface area contributed by atoms with Crippen LogP contribution in [-0.2, 0) is 25.7 Å². The van der Waals surface area contributed by atoms with Crippen molar-refractivity contribution in [2.45, 2.75) is 12.5 Å². The second-order valence-electron chi connectivity index (χ2n) is 7.91. The Morgan fingerprint density at radius 3 is 2.28 bits per heavy atom. The Balaban J connectivity index is 1.51. The summed E-state index contributed by atoms with van der Waals surface area (Å²) in [5.74, 6) is -1.51. The molecule has 0 unspecified atom stereocenters. The van der Waals surface area contributed by atoms with Crippen LogP contribution in [0.1, 0.15) is 17.0 Å². The van der Waals surface area contributed by atoms with Gasteiger partial charge in [0.15, 0.2) is 5.92 Å². The molecule has 4 aromatic rings. The van der Waals surface area contributed by atoms with E-state index in [0.717, 1.165) is 22.3 Å². The maximum absolute atomic E-state index is 12.0. The lowest BCUT2D eigenvalue weighted by Crippen LogP contribution is -2.24. The minimum Gasteiger partial charge on any atom is -0.489 e. The highest BCUT2D eigenvalue weighted by Crippen LogP contribution is 2.36. The van der Waals surface area contributed by atoms with Gasteiger partial charge in [0.05, 0.1) is 19.8 Å². The standard InChI is InChI=1S/C27H24ClN3O5/c1-34-26(32)23(27(33)35-2)17-9-11-21(12-10-17)36-15-16-5-3-7-19(13-16)24-22(25(29)31-30-24)18-6-4-8-20(28)14-18/h3-14,23H,15H2,1-2H3,(H3,29,30,31). The zero-order valence-electron chi connectivity index (χ0n) is 19.7. The zero-order valence-corrected chi connectivity index (χ0v) is 20.4. The van der Waals surface area contributed by atoms with E-state index < -0.39 is 17.9 Å². The highest BCUT2D eigenvalue weighted by molar-refractivity contribution is 6.30. The number of benzene rings is 3. The molecule has 0 atom stereocenters. The molecule has 0 bridgehead atoms. The van der Waals surface area contributed by atoms with Crippen molar-refractivity contribution in [1.82, 2.24) is 10.2 Å². The third kappa shape index (κ3) is 5.34. The number of hydrogen-bond donors (Lipinski definition) is 2. The molecule has 3 N–H and O–H groups in total. The van der Waals surface area contributed by atoms with Gasteiger partial charge in [0.2, 0.25) is 0 Å². The Hall–Kier alpha value is -4.30. The van der Waals surface area contributed by atoms with Crippen molar-refractivity contribution in [3.8, 4) is 28.1 Å². The number of esters is 2. The van der Waals surface area contributed by atoms with Gasteiger partial charge in [-0.25, -0.2) is 0 Å². The number of halogens is 1. The van der Waals surface area contributed by atoms with Crippen molar-refractivity contribution in [1.29, 1.82) is 0 Å². The summed E-state index contributed by atoms with van der Waals surface area (Å²) in [6, 6.07) is 21.9. The monoisotopic (exact) mass is 505 g/mol. The summed E-state index contributed by atoms with van der Waals surface area (Å²) in [5.41, 5.74) is 10.8. The summed E-state index contributed by atoms with van der Waals surface area (Å²) < 4.78 is 15.4. The molecule has 0 saturated heterocycles. The van der Waals surface area contributed by atoms with Crippen LogP contribution >= 0.6 is 11.6 Å². The van der Waals surface area contributed by atoms with Crippen molar-refractivity contribution >= 4 is 29.4 Å². The van der Waals surface area contributed by atoms with Gasteiger partial charge < -0.3 is 19.9 Å². The van der Waals surface area contributed by atoms with Crippen LogP contribution in [0.25, 0.3) is 22.4 Å². The maximum Gasteiger partial charge on any atom is 0.324 e. The molecule has 0 fully saturated rings. The summed E-state index contributed by atoms with van der Waals surface area (Å²) >= 11 is 6.18. The molecular weight excluding hydrogens is 482 g/mol. The number of aromatic nitrogens is 2. The third-order valence-corrected chi connectivity index (χ3v) is 5.84. The Kier molecular flexibility index (Phi) is 7.56. The Morgan fingerprint density at radius 1 is 0.944 bits per heavy atom. The van der Waals surface area contributed by atoms with Crippen LogP contribution in [0.4, 0.5) is 5.82 Å². The van der Waals surface area contributed by atoms with Gasteiger partial charge in [-0.2, -0.15) is 5.10 Å². The zero-order chi connectivity index (χ0) is 25.7. The molecule has 0 radical (unpaired) electrons. The predicted octanol–water partition coefficient (Wildman–Crippen LogP) is 4.99. The fourth-order valence-corrected chi connectivity index (χ4v) is 4.03. The van der Waals surface area contributed by atoms with Crippen LogP contribution in [0.2, 0.25) is 5.02 Å². The number of ether oxygens (including phenoxy) is 3. The molecule has 1 aromatic heterocycles. The van der Waals surface area contributed by atoms with Crippen molar-refractivity contribution in [2.75, 3.05) is 20.0 Å². The third-order valence-electron chi connectivity index (χ3n) is 5.60. The van der Waals surface area contributed by atoms with Crippen molar-refractivity contribution in [3.63, 3.8) is 0 Å². The topological polar surface area (TPSA) is 117 Å². The van der Waals surface area contributed by atoms with E-state index in [1.165, 1.54) is 14.2 Å². The van der Waals surface area contributed by atoms with Gasteiger partial charge in [0.1, 0.15) is 23.9 Å². The molecule has 4 rings (SSSR count). The number of rotatable bonds is 8. The lowest BCUT2D eigenvalue weighted by Gasteiger charge is -2.13. The summed E-state index contributed by atoms with van der Waals surface area (Å²) in [5, 5.41) is 7.88. The van der Waals surface area contributed by atoms with Crippen LogP contribution in [0, 0.1) is 0 Å². The van der Waals surface area contributed by atoms with E-state index in [9.17, 15) is 9.59 Å². The summed E-state index contributed by atoms with van der Waals surface area (Å²) in [7, 11) is 2.44. The highest BCUT2D eigenvalue weighted by atomic mass is 35.5. The lowest BCUT2D eigenvalue weighted by atomic mass is 9.99. The van der Waals surface area contributed by atoms with Gasteiger partial charge in [-0.3, -0.25) is 14.7 Å². The van der Waals surface area contributed by atoms with E-state index in [0.29, 0.717) is 27.8 Å². The first-order chi connectivity index (χ1) is 17.4. The highest BCUT2D eigenvalue weighted by Gasteiger charge is 2.30. The fourth-order valence-electron chi connectivity index (χ4n) is 3.84. The normalized spacial score (nSPS) is 10.8. The van der Waals surface area contributed by atoms with E-state index in [4.69, 9.17) is 31.5 Å². The van der Waals surface area contributed by atoms with Crippen molar-refractivity contribution in [2.24, 2.45) is 0 Å². The second kappa shape index (κ2) is 11.0. The number of hydrogen-bond acceptors (Lipinski definition) is 7. The minimum atomic E-state index is -1.15. The molecular formula is C27H24ClN3O5. The Labute approximate surface area is 212 Å². The molecule has 0 spiro atoms. The molecule has 8 nitrogen and oxygen atoms in total. The molecule has 3 aromatic carbocycles. The van der Waals surface area contributed by atoms with Crippen LogP contribution in [0.5, 0.6) is 5.75 Å². The van der Waals surface area contributed by atoms with Crippen molar-refractivity contribution in [3.05, 3.63) is 88.9 Å². The number of anilines is 1. The Bertz CT molecular complexity index is 1370. The first-order valence-electron chi connectivity index (χ1n) is 11.0. The number of carbonyl (C=O) groups excluding carboxylic acids is 2. The number of nitrogens with zero attached hydrogens (tertiary/aromatic N) is 1. The van der Waals surface area contributed by atoms with Crippen LogP contribution < -0.4 is 10.5 Å². The maximum atomic E-state index is 12.0. The molecule has 0 aliphatic rings. The van der Waals surface area contributed by atoms with Gasteiger partial charge in [0.25, 0.3) is 0 Å². The SMILES string of the molecule is COC(=O)C(C(=O)OC)c1ccc(OCc2cccc(-c3n[nH]c(N)c3-c3cccc(Cl)c3)c2)cc1. The number of nitrogens with one attached hydrogen (secondary N) is 1. The largest absolute Gasteiger partial charge is 0.489 e. The molecule has 36 heavy (non-hydrogen) atoms. The molecule has 0 aliphatic carbocycles. The van der Waals surface area contributed by atoms with Gasteiger partial charge >= 0.3 is 11.9 Å². The Morgan fingerprint density at radius 2 is 1.61 bits per heavy atom. The number of aromatic amines is 1. The average molecular weight is 506 g/mol. The van der Waals surface area contributed by atoms with Gasteiger partial charge in [-0.1, -0.05) is 54.1 Å². The number of nitrogen functional groups attached to an aromatic ring is 1. The minimum absolute atomic E-state index is 0.289. The lowest BCUT2D eigenvalue weighted by molar-refractivity contribution is -0.154. The van der Waals surface area contributed by atoms with Crippen LogP contribution in [-0.4, -0.2) is 36.4 Å². The molecule has 0 aliphatic heterocycles. The quantitative estimate of drug-likeness (QED) is 0.256. The fraction of sp³-hybridized carbons (Fsp3) is 0.148. The van der Waals surface area contributed by atoms with E-state index in [-0.39, 0.29) is 6.61 Å². The smallest absolute Gasteiger partial charge is 0.324 e. The molecule has 9 heteroatoms. The van der Waals surface area contributed by atoms with Gasteiger partial charge in [-0.05, 0) is 47.0 Å². The van der Waals surface area contributed by atoms with E-state index in [1.54, 1.807) is 30.3 Å². The summed E-state index contributed by atoms with van der Waals surface area (Å²) in [6.45, 7) is 0.289. The summed E-state index contributed by atoms with van der Waals surface area (Å²) in [6.07, 6.45) is 0. The van der Waals surface area contributed by atoms with Gasteiger partial charge in [-0.15, -0.1) is 0 Å². The van der Waals surface area contributed by atoms with E-state index >= 15 is 0 Å². The molecule has 1 heterocycles. The van der Waals surface area contributed by atoms with Crippen LogP contribution in [0.3, 0.4) is 0 Å². The van der Waals surface area contributed by atoms with Crippen molar-refractivity contribution < 1.29 is 23.8 Å². The number of methoxy groups -OCH3 is 2. The van der Waals surface area contributed by atoms with E-state index in [2.05, 4.69) is 10.2 Å². The molecule has 0 amide bonds. The predicted molar refractivity (Wildman–Crippen MR) is 136 cm³/mol. The average Bonchev–Trinajstić information content (AvgIpc) is 3.29. The number of nitrogens with two attached hydrogens (primary N) is 1. The van der Waals surface area contributed by atoms with Crippen LogP contribution in [0.15, 0.2) is 72.8 Å². The second-order valence-corrected chi connectivity index (χ2v) is 8.35. The summed E-state index contributed by atoms with van der Waals surface area (Å²) in [4.78, 5) is 24.0. The molecule has 0 saturated carbocycles. The number of H-pyrrole nitrogens is 1.